The molecule has 0 aromatic heterocycles. The van der Waals surface area contributed by atoms with Gasteiger partial charge in [0, 0.05) is 18.0 Å². The van der Waals surface area contributed by atoms with Crippen molar-refractivity contribution in [1.82, 2.24) is 4.90 Å². The van der Waals surface area contributed by atoms with Gasteiger partial charge in [-0.25, -0.2) is 0 Å². The highest BCUT2D eigenvalue weighted by Gasteiger charge is 1.98. The second-order valence-corrected chi connectivity index (χ2v) is 3.45. The lowest BCUT2D eigenvalue weighted by atomic mass is 10.2. The third-order valence-electron chi connectivity index (χ3n) is 1.17. The summed E-state index contributed by atoms with van der Waals surface area (Å²) in [6.45, 7) is 2.55. The summed E-state index contributed by atoms with van der Waals surface area (Å²) in [5, 5.41) is 9.68. The van der Waals surface area contributed by atoms with Crippen LogP contribution in [-0.2, 0) is 0 Å². The average molecular weight is 214 g/mol. The van der Waals surface area contributed by atoms with Crippen LogP contribution in [0.15, 0.2) is 11.1 Å². The van der Waals surface area contributed by atoms with Gasteiger partial charge in [0.2, 0.25) is 0 Å². The molecule has 0 saturated heterocycles. The van der Waals surface area contributed by atoms with Crippen LogP contribution >= 0.6 is 24.0 Å². The van der Waals surface area contributed by atoms with Crippen molar-refractivity contribution in [3.8, 4) is 0 Å². The first-order valence-corrected chi connectivity index (χ1v) is 4.07. The van der Waals surface area contributed by atoms with E-state index in [9.17, 15) is 0 Å². The molecule has 0 heterocycles. The van der Waals surface area contributed by atoms with Crippen LogP contribution < -0.4 is 0 Å². The molecule has 0 amide bonds. The molecule has 0 aliphatic rings. The fourth-order valence-electron chi connectivity index (χ4n) is 0.647. The number of aliphatic hydroxyl groups excluding tert-OH is 1. The first-order valence-electron chi connectivity index (χ1n) is 3.69. The summed E-state index contributed by atoms with van der Waals surface area (Å²) >= 11 is 5.79. The highest BCUT2D eigenvalue weighted by atomic mass is 35.5. The lowest BCUT2D eigenvalue weighted by molar-refractivity contribution is 0.197. The molecule has 2 nitrogen and oxygen atoms in total. The molecule has 0 aliphatic carbocycles. The lowest BCUT2D eigenvalue weighted by Gasteiger charge is -2.06. The van der Waals surface area contributed by atoms with E-state index in [-0.39, 0.29) is 18.5 Å². The normalized spacial score (nSPS) is 14.3. The Morgan fingerprint density at radius 3 is 2.42 bits per heavy atom. The first kappa shape index (κ1) is 14.7. The van der Waals surface area contributed by atoms with Crippen LogP contribution in [0.1, 0.15) is 13.3 Å². The number of hydrogen-bond acceptors (Lipinski definition) is 2. The van der Waals surface area contributed by atoms with Crippen LogP contribution in [0, 0.1) is 0 Å². The molecular weight excluding hydrogens is 197 g/mol. The summed E-state index contributed by atoms with van der Waals surface area (Å²) < 4.78 is 0. The molecule has 4 heteroatoms. The molecule has 74 valence electrons. The van der Waals surface area contributed by atoms with Crippen LogP contribution in [0.4, 0.5) is 0 Å². The minimum Gasteiger partial charge on any atom is -0.393 e. The highest BCUT2D eigenvalue weighted by molar-refractivity contribution is 6.29. The van der Waals surface area contributed by atoms with Gasteiger partial charge in [-0.2, -0.15) is 0 Å². The number of aliphatic hydroxyl groups is 1. The maximum absolute atomic E-state index is 8.95. The van der Waals surface area contributed by atoms with Crippen LogP contribution in [0.5, 0.6) is 0 Å². The Morgan fingerprint density at radius 1 is 1.58 bits per heavy atom. The SMILES string of the molecule is CC(O)CC(Cl)=CCN(C)C.Cl. The molecule has 0 aliphatic heterocycles. The maximum atomic E-state index is 8.95. The van der Waals surface area contributed by atoms with Crippen molar-refractivity contribution < 1.29 is 5.11 Å². The molecule has 0 spiro atoms. The summed E-state index contributed by atoms with van der Waals surface area (Å²) in [7, 11) is 3.95. The van der Waals surface area contributed by atoms with E-state index in [1.807, 2.05) is 25.1 Å². The molecule has 12 heavy (non-hydrogen) atoms. The predicted octanol–water partition coefficient (Wildman–Crippen LogP) is 1.86. The van der Waals surface area contributed by atoms with E-state index in [4.69, 9.17) is 16.7 Å². The third kappa shape index (κ3) is 10.2. The molecule has 0 radical (unpaired) electrons. The van der Waals surface area contributed by atoms with Crippen LogP contribution in [0.2, 0.25) is 0 Å². The van der Waals surface area contributed by atoms with Crippen molar-refractivity contribution in [1.29, 1.82) is 0 Å². The Morgan fingerprint density at radius 2 is 2.08 bits per heavy atom. The summed E-state index contributed by atoms with van der Waals surface area (Å²) in [4.78, 5) is 2.02. The summed E-state index contributed by atoms with van der Waals surface area (Å²) in [5.74, 6) is 0. The number of halogens is 2. The van der Waals surface area contributed by atoms with Gasteiger partial charge >= 0.3 is 0 Å². The third-order valence-corrected chi connectivity index (χ3v) is 1.48. The molecular formula is C8H17Cl2NO. The Balaban J connectivity index is 0. The predicted molar refractivity (Wildman–Crippen MR) is 56.0 cm³/mol. The van der Waals surface area contributed by atoms with Crippen molar-refractivity contribution in [3.63, 3.8) is 0 Å². The number of likely N-dealkylation sites (N-methyl/N-ethyl adjacent to an activating group) is 1. The monoisotopic (exact) mass is 213 g/mol. The first-order chi connectivity index (χ1) is 5.02. The van der Waals surface area contributed by atoms with E-state index >= 15 is 0 Å². The quantitative estimate of drug-likeness (QED) is 0.772. The van der Waals surface area contributed by atoms with E-state index in [0.717, 1.165) is 11.6 Å². The molecule has 1 N–H and O–H groups in total. The molecule has 0 bridgehead atoms. The van der Waals surface area contributed by atoms with Crippen molar-refractivity contribution in [2.24, 2.45) is 0 Å². The zero-order valence-electron chi connectivity index (χ0n) is 7.75. The second-order valence-electron chi connectivity index (χ2n) is 2.97. The Hall–Kier alpha value is 0.240. The van der Waals surface area contributed by atoms with Crippen molar-refractivity contribution in [2.75, 3.05) is 20.6 Å². The van der Waals surface area contributed by atoms with E-state index < -0.39 is 0 Å². The van der Waals surface area contributed by atoms with Crippen LogP contribution in [-0.4, -0.2) is 36.8 Å². The average Bonchev–Trinajstić information content (AvgIpc) is 1.82. The standard InChI is InChI=1S/C8H16ClNO.ClH/c1-7(11)6-8(9)4-5-10(2)3;/h4,7,11H,5-6H2,1-3H3;1H. The largest absolute Gasteiger partial charge is 0.393 e. The minimum atomic E-state index is -0.346. The van der Waals surface area contributed by atoms with E-state index in [2.05, 4.69) is 0 Å². The second kappa shape index (κ2) is 7.87. The zero-order chi connectivity index (χ0) is 8.85. The van der Waals surface area contributed by atoms with Gasteiger partial charge in [0.1, 0.15) is 0 Å². The van der Waals surface area contributed by atoms with E-state index in [1.54, 1.807) is 6.92 Å². The van der Waals surface area contributed by atoms with Gasteiger partial charge in [-0.1, -0.05) is 17.7 Å². The summed E-state index contributed by atoms with van der Waals surface area (Å²) in [6, 6.07) is 0. The fraction of sp³-hybridized carbons (Fsp3) is 0.750. The van der Waals surface area contributed by atoms with Gasteiger partial charge in [0.05, 0.1) is 6.10 Å². The minimum absolute atomic E-state index is 0. The Labute approximate surface area is 85.6 Å². The summed E-state index contributed by atoms with van der Waals surface area (Å²) in [6.07, 6.45) is 2.12. The molecule has 0 fully saturated rings. The molecule has 0 saturated carbocycles. The van der Waals surface area contributed by atoms with Crippen molar-refractivity contribution in [2.45, 2.75) is 19.4 Å². The maximum Gasteiger partial charge on any atom is 0.0560 e. The molecule has 0 aromatic carbocycles. The number of nitrogens with zero attached hydrogens (tertiary/aromatic N) is 1. The Bertz CT molecular complexity index is 135. The van der Waals surface area contributed by atoms with Gasteiger partial charge in [0.25, 0.3) is 0 Å². The molecule has 0 aromatic rings. The van der Waals surface area contributed by atoms with Crippen molar-refractivity contribution in [3.05, 3.63) is 11.1 Å². The Kier molecular flexibility index (Phi) is 9.67. The van der Waals surface area contributed by atoms with Gasteiger partial charge in [-0.15, -0.1) is 12.4 Å². The van der Waals surface area contributed by atoms with E-state index in [0.29, 0.717) is 6.42 Å². The fourth-order valence-corrected chi connectivity index (χ4v) is 0.939. The topological polar surface area (TPSA) is 23.5 Å². The van der Waals surface area contributed by atoms with Gasteiger partial charge in [-0.3, -0.25) is 0 Å². The van der Waals surface area contributed by atoms with Crippen LogP contribution in [0.25, 0.3) is 0 Å². The summed E-state index contributed by atoms with van der Waals surface area (Å²) in [5.41, 5.74) is 0. The number of rotatable bonds is 4. The zero-order valence-corrected chi connectivity index (χ0v) is 9.32. The van der Waals surface area contributed by atoms with E-state index in [1.165, 1.54) is 0 Å². The molecule has 0 rings (SSSR count). The van der Waals surface area contributed by atoms with Crippen molar-refractivity contribution >= 4 is 24.0 Å². The van der Waals surface area contributed by atoms with Crippen LogP contribution in [0.3, 0.4) is 0 Å². The van der Waals surface area contributed by atoms with Gasteiger partial charge < -0.3 is 10.0 Å². The highest BCUT2D eigenvalue weighted by Crippen LogP contribution is 2.09. The smallest absolute Gasteiger partial charge is 0.0560 e. The number of hydrogen-bond donors (Lipinski definition) is 1. The van der Waals surface area contributed by atoms with Gasteiger partial charge in [-0.05, 0) is 21.0 Å². The molecule has 1 unspecified atom stereocenters. The lowest BCUT2D eigenvalue weighted by Crippen LogP contribution is -2.11. The van der Waals surface area contributed by atoms with Gasteiger partial charge in [0.15, 0.2) is 0 Å². The molecule has 1 atom stereocenters.